The third-order valence-electron chi connectivity index (χ3n) is 5.14. The van der Waals surface area contributed by atoms with Crippen molar-refractivity contribution >= 4 is 11.8 Å². The Bertz CT molecular complexity index is 639. The lowest BCUT2D eigenvalue weighted by Crippen LogP contribution is -2.51. The zero-order valence-corrected chi connectivity index (χ0v) is 11.6. The van der Waals surface area contributed by atoms with Crippen molar-refractivity contribution in [3.8, 4) is 0 Å². The van der Waals surface area contributed by atoms with Crippen LogP contribution < -0.4 is 0 Å². The topological polar surface area (TPSA) is 57.6 Å². The number of aliphatic hydroxyl groups is 1. The van der Waals surface area contributed by atoms with Crippen LogP contribution in [-0.2, 0) is 16.1 Å². The number of carbonyl (C=O) groups is 2. The van der Waals surface area contributed by atoms with E-state index in [0.29, 0.717) is 13.0 Å². The smallest absolute Gasteiger partial charge is 0.236 e. The molecule has 0 aromatic heterocycles. The Labute approximate surface area is 123 Å². The van der Waals surface area contributed by atoms with Gasteiger partial charge < -0.3 is 5.11 Å². The molecule has 108 valence electrons. The summed E-state index contributed by atoms with van der Waals surface area (Å²) in [5.41, 5.74) is -0.192. The Balaban J connectivity index is 1.68. The van der Waals surface area contributed by atoms with Gasteiger partial charge in [0.05, 0.1) is 24.0 Å². The quantitative estimate of drug-likeness (QED) is 0.661. The lowest BCUT2D eigenvalue weighted by Gasteiger charge is -2.44. The van der Waals surface area contributed by atoms with Crippen LogP contribution in [0.3, 0.4) is 0 Å². The lowest BCUT2D eigenvalue weighted by molar-refractivity contribution is -0.142. The maximum absolute atomic E-state index is 12.7. The molecule has 2 fully saturated rings. The predicted molar refractivity (Wildman–Crippen MR) is 75.8 cm³/mol. The van der Waals surface area contributed by atoms with Gasteiger partial charge in [-0.3, -0.25) is 14.5 Å². The molecule has 4 atom stereocenters. The molecule has 0 spiro atoms. The molecular formula is C17H17NO3. The van der Waals surface area contributed by atoms with E-state index in [2.05, 4.69) is 0 Å². The molecule has 1 saturated carbocycles. The lowest BCUT2D eigenvalue weighted by atomic mass is 9.61. The highest BCUT2D eigenvalue weighted by Crippen LogP contribution is 2.51. The maximum Gasteiger partial charge on any atom is 0.236 e. The van der Waals surface area contributed by atoms with Crippen molar-refractivity contribution in [2.24, 2.45) is 17.8 Å². The summed E-state index contributed by atoms with van der Waals surface area (Å²) >= 11 is 0. The van der Waals surface area contributed by atoms with E-state index in [1.807, 2.05) is 36.4 Å². The predicted octanol–water partition coefficient (Wildman–Crippen LogP) is 1.50. The highest BCUT2D eigenvalue weighted by molar-refractivity contribution is 6.06. The van der Waals surface area contributed by atoms with Crippen molar-refractivity contribution in [3.63, 3.8) is 0 Å². The highest BCUT2D eigenvalue weighted by Gasteiger charge is 2.62. The second-order valence-corrected chi connectivity index (χ2v) is 6.30. The number of carbonyl (C=O) groups excluding carboxylic acids is 2. The van der Waals surface area contributed by atoms with E-state index in [1.54, 1.807) is 6.08 Å². The average Bonchev–Trinajstić information content (AvgIpc) is 2.76. The summed E-state index contributed by atoms with van der Waals surface area (Å²) in [6.45, 7) is 0.300. The maximum atomic E-state index is 12.7. The van der Waals surface area contributed by atoms with Crippen LogP contribution >= 0.6 is 0 Å². The van der Waals surface area contributed by atoms with E-state index in [9.17, 15) is 14.7 Å². The average molecular weight is 283 g/mol. The number of rotatable bonds is 2. The molecule has 1 N–H and O–H groups in total. The highest BCUT2D eigenvalue weighted by atomic mass is 16.3. The molecule has 4 aliphatic rings. The van der Waals surface area contributed by atoms with Gasteiger partial charge >= 0.3 is 0 Å². The summed E-state index contributed by atoms with van der Waals surface area (Å²) in [4.78, 5) is 26.6. The van der Waals surface area contributed by atoms with Crippen molar-refractivity contribution in [1.82, 2.24) is 4.90 Å². The van der Waals surface area contributed by atoms with Crippen LogP contribution in [0.5, 0.6) is 0 Å². The van der Waals surface area contributed by atoms with E-state index in [4.69, 9.17) is 0 Å². The molecular weight excluding hydrogens is 266 g/mol. The molecule has 1 saturated heterocycles. The SMILES string of the molecule is O=C1[C@@H]2[C@@H]3C=C[C@@](O)(CC3)[C@@H]2C(=O)N1Cc1ccccc1. The summed E-state index contributed by atoms with van der Waals surface area (Å²) < 4.78 is 0. The first-order valence-electron chi connectivity index (χ1n) is 7.41. The molecule has 3 aliphatic carbocycles. The molecule has 21 heavy (non-hydrogen) atoms. The Hall–Kier alpha value is -1.94. The van der Waals surface area contributed by atoms with Crippen LogP contribution in [0.15, 0.2) is 42.5 Å². The number of hydrogen-bond donors (Lipinski definition) is 1. The summed E-state index contributed by atoms with van der Waals surface area (Å²) in [5.74, 6) is -1.20. The van der Waals surface area contributed by atoms with Gasteiger partial charge in [0.1, 0.15) is 0 Å². The minimum Gasteiger partial charge on any atom is -0.385 e. The van der Waals surface area contributed by atoms with Gasteiger partial charge in [-0.05, 0) is 24.3 Å². The zero-order chi connectivity index (χ0) is 14.6. The summed E-state index contributed by atoms with van der Waals surface area (Å²) in [6.07, 6.45) is 5.02. The van der Waals surface area contributed by atoms with Crippen molar-refractivity contribution in [2.75, 3.05) is 0 Å². The normalized spacial score (nSPS) is 37.2. The van der Waals surface area contributed by atoms with Gasteiger partial charge in [0.2, 0.25) is 11.8 Å². The number of likely N-dealkylation sites (tertiary alicyclic amines) is 1. The molecule has 1 aromatic rings. The third-order valence-corrected chi connectivity index (χ3v) is 5.14. The van der Waals surface area contributed by atoms with Crippen molar-refractivity contribution < 1.29 is 14.7 Å². The van der Waals surface area contributed by atoms with Gasteiger partial charge in [-0.25, -0.2) is 0 Å². The van der Waals surface area contributed by atoms with Gasteiger partial charge in [-0.2, -0.15) is 0 Å². The Kier molecular flexibility index (Phi) is 2.60. The first kappa shape index (κ1) is 12.8. The Morgan fingerprint density at radius 2 is 1.95 bits per heavy atom. The van der Waals surface area contributed by atoms with Crippen LogP contribution in [-0.4, -0.2) is 27.4 Å². The largest absolute Gasteiger partial charge is 0.385 e. The number of amides is 2. The molecule has 0 radical (unpaired) electrons. The molecule has 1 aliphatic heterocycles. The van der Waals surface area contributed by atoms with Crippen molar-refractivity contribution in [1.29, 1.82) is 0 Å². The first-order chi connectivity index (χ1) is 10.1. The molecule has 4 heteroatoms. The van der Waals surface area contributed by atoms with Crippen LogP contribution in [0.1, 0.15) is 18.4 Å². The Morgan fingerprint density at radius 3 is 2.57 bits per heavy atom. The third kappa shape index (κ3) is 1.72. The molecule has 2 bridgehead atoms. The fourth-order valence-electron chi connectivity index (χ4n) is 4.06. The zero-order valence-electron chi connectivity index (χ0n) is 11.6. The van der Waals surface area contributed by atoms with E-state index in [0.717, 1.165) is 12.0 Å². The van der Waals surface area contributed by atoms with Gasteiger partial charge in [0, 0.05) is 0 Å². The fraction of sp³-hybridized carbons (Fsp3) is 0.412. The molecule has 4 nitrogen and oxygen atoms in total. The van der Waals surface area contributed by atoms with Crippen LogP contribution in [0.2, 0.25) is 0 Å². The summed E-state index contributed by atoms with van der Waals surface area (Å²) in [5, 5.41) is 10.7. The first-order valence-corrected chi connectivity index (χ1v) is 7.41. The minimum atomic E-state index is -1.13. The number of imide groups is 1. The van der Waals surface area contributed by atoms with Gasteiger partial charge in [0.25, 0.3) is 0 Å². The minimum absolute atomic E-state index is 0.0984. The van der Waals surface area contributed by atoms with E-state index in [-0.39, 0.29) is 23.7 Å². The van der Waals surface area contributed by atoms with Crippen LogP contribution in [0.4, 0.5) is 0 Å². The summed E-state index contributed by atoms with van der Waals surface area (Å²) in [7, 11) is 0. The monoisotopic (exact) mass is 283 g/mol. The number of nitrogens with zero attached hydrogens (tertiary/aromatic N) is 1. The van der Waals surface area contributed by atoms with Crippen molar-refractivity contribution in [2.45, 2.75) is 25.0 Å². The standard InChI is InChI=1S/C17H17NO3/c19-15-13-12-6-8-17(21,9-7-12)14(13)16(20)18(15)10-11-4-2-1-3-5-11/h1-6,8,12-14,21H,7,9-10H2/t12-,13-,14+,17-/m1/s1. The molecule has 1 heterocycles. The van der Waals surface area contributed by atoms with E-state index in [1.165, 1.54) is 4.90 Å². The van der Waals surface area contributed by atoms with E-state index < -0.39 is 11.5 Å². The van der Waals surface area contributed by atoms with Gasteiger partial charge in [-0.1, -0.05) is 42.5 Å². The molecule has 0 unspecified atom stereocenters. The number of hydrogen-bond acceptors (Lipinski definition) is 3. The van der Waals surface area contributed by atoms with Crippen molar-refractivity contribution in [3.05, 3.63) is 48.0 Å². The van der Waals surface area contributed by atoms with E-state index >= 15 is 0 Å². The Morgan fingerprint density at radius 1 is 1.19 bits per heavy atom. The molecule has 5 rings (SSSR count). The number of allylic oxidation sites excluding steroid dienone is 1. The number of benzene rings is 1. The van der Waals surface area contributed by atoms with Gasteiger partial charge in [-0.15, -0.1) is 0 Å². The second kappa shape index (κ2) is 4.28. The summed E-state index contributed by atoms with van der Waals surface area (Å²) in [6, 6.07) is 9.51. The second-order valence-electron chi connectivity index (χ2n) is 6.30. The molecule has 1 aromatic carbocycles. The van der Waals surface area contributed by atoms with Crippen LogP contribution in [0, 0.1) is 17.8 Å². The molecule has 2 amide bonds. The van der Waals surface area contributed by atoms with Gasteiger partial charge in [0.15, 0.2) is 0 Å². The number of fused-ring (bicyclic) bond motifs is 1. The fourth-order valence-corrected chi connectivity index (χ4v) is 4.06. The van der Waals surface area contributed by atoms with Crippen LogP contribution in [0.25, 0.3) is 0 Å².